The van der Waals surface area contributed by atoms with Gasteiger partial charge in [0, 0.05) is 12.6 Å². The van der Waals surface area contributed by atoms with E-state index in [2.05, 4.69) is 0 Å². The number of carbonyl (C=O) groups excluding carboxylic acids is 1. The molecular weight excluding hydrogens is 268 g/mol. The van der Waals surface area contributed by atoms with Crippen LogP contribution in [0.25, 0.3) is 0 Å². The molecule has 1 aliphatic carbocycles. The number of amides is 1. The van der Waals surface area contributed by atoms with Gasteiger partial charge < -0.3 is 19.8 Å². The molecule has 2 heterocycles. The van der Waals surface area contributed by atoms with Crippen LogP contribution in [0.15, 0.2) is 22.8 Å². The zero-order chi connectivity index (χ0) is 14.7. The van der Waals surface area contributed by atoms with Crippen LogP contribution < -0.4 is 5.73 Å². The highest BCUT2D eigenvalue weighted by Crippen LogP contribution is 2.28. The number of hydrogen-bond donors (Lipinski definition) is 1. The summed E-state index contributed by atoms with van der Waals surface area (Å²) in [4.78, 5) is 14.8. The highest BCUT2D eigenvalue weighted by molar-refractivity contribution is 5.81. The summed E-state index contributed by atoms with van der Waals surface area (Å²) >= 11 is 0. The third-order valence-corrected chi connectivity index (χ3v) is 4.60. The van der Waals surface area contributed by atoms with Gasteiger partial charge in [0.25, 0.3) is 5.91 Å². The molecule has 2 atom stereocenters. The summed E-state index contributed by atoms with van der Waals surface area (Å²) in [6, 6.07) is 4.11. The van der Waals surface area contributed by atoms with Gasteiger partial charge in [0.15, 0.2) is 0 Å². The minimum Gasteiger partial charge on any atom is -0.467 e. The average molecular weight is 292 g/mol. The van der Waals surface area contributed by atoms with Gasteiger partial charge >= 0.3 is 0 Å². The lowest BCUT2D eigenvalue weighted by molar-refractivity contribution is -0.146. The van der Waals surface area contributed by atoms with Crippen LogP contribution >= 0.6 is 0 Å². The van der Waals surface area contributed by atoms with Crippen molar-refractivity contribution in [2.45, 2.75) is 63.3 Å². The lowest BCUT2D eigenvalue weighted by Crippen LogP contribution is -2.44. The topological polar surface area (TPSA) is 68.7 Å². The fourth-order valence-corrected chi connectivity index (χ4v) is 3.42. The number of furan rings is 1. The zero-order valence-corrected chi connectivity index (χ0v) is 12.4. The smallest absolute Gasteiger partial charge is 0.252 e. The van der Waals surface area contributed by atoms with E-state index in [4.69, 9.17) is 14.9 Å². The minimum absolute atomic E-state index is 0.0352. The molecule has 116 valence electrons. The summed E-state index contributed by atoms with van der Waals surface area (Å²) in [6.45, 7) is 1.04. The molecule has 1 aliphatic heterocycles. The predicted molar refractivity (Wildman–Crippen MR) is 78.5 cm³/mol. The van der Waals surface area contributed by atoms with Crippen molar-refractivity contribution in [3.8, 4) is 0 Å². The molecule has 2 N–H and O–H groups in total. The van der Waals surface area contributed by atoms with E-state index in [1.165, 1.54) is 12.8 Å². The van der Waals surface area contributed by atoms with E-state index >= 15 is 0 Å². The van der Waals surface area contributed by atoms with Gasteiger partial charge in [0.2, 0.25) is 0 Å². The van der Waals surface area contributed by atoms with Crippen molar-refractivity contribution in [1.82, 2.24) is 4.90 Å². The minimum atomic E-state index is -0.325. The molecule has 2 fully saturated rings. The SMILES string of the molecule is NCC1CCC(C(=O)N(Cc2ccco2)C2CCCC2)O1. The first-order valence-electron chi connectivity index (χ1n) is 7.96. The molecular formula is C16H24N2O3. The van der Waals surface area contributed by atoms with Gasteiger partial charge in [-0.2, -0.15) is 0 Å². The molecule has 3 rings (SSSR count). The summed E-state index contributed by atoms with van der Waals surface area (Å²) < 4.78 is 11.2. The Balaban J connectivity index is 1.70. The molecule has 0 bridgehead atoms. The van der Waals surface area contributed by atoms with Crippen LogP contribution in [-0.4, -0.2) is 35.6 Å². The van der Waals surface area contributed by atoms with Gasteiger partial charge in [0.1, 0.15) is 11.9 Å². The Morgan fingerprint density at radius 3 is 2.71 bits per heavy atom. The lowest BCUT2D eigenvalue weighted by Gasteiger charge is -2.30. The summed E-state index contributed by atoms with van der Waals surface area (Å²) in [7, 11) is 0. The van der Waals surface area contributed by atoms with Gasteiger partial charge in [-0.3, -0.25) is 4.79 Å². The Morgan fingerprint density at radius 1 is 1.29 bits per heavy atom. The molecule has 1 amide bonds. The van der Waals surface area contributed by atoms with Gasteiger partial charge in [0.05, 0.1) is 18.9 Å². The summed E-state index contributed by atoms with van der Waals surface area (Å²) in [6.07, 6.45) is 7.59. The Bertz CT molecular complexity index is 454. The van der Waals surface area contributed by atoms with Gasteiger partial charge in [-0.25, -0.2) is 0 Å². The van der Waals surface area contributed by atoms with Crippen LogP contribution in [0.2, 0.25) is 0 Å². The van der Waals surface area contributed by atoms with Crippen LogP contribution in [-0.2, 0) is 16.1 Å². The Kier molecular flexibility index (Phi) is 4.60. The molecule has 1 aromatic rings. The first-order valence-corrected chi connectivity index (χ1v) is 7.96. The second-order valence-corrected chi connectivity index (χ2v) is 6.04. The monoisotopic (exact) mass is 292 g/mol. The van der Waals surface area contributed by atoms with E-state index < -0.39 is 0 Å². The maximum Gasteiger partial charge on any atom is 0.252 e. The number of rotatable bonds is 5. The summed E-state index contributed by atoms with van der Waals surface area (Å²) in [5.41, 5.74) is 5.64. The van der Waals surface area contributed by atoms with Crippen LogP contribution in [0.3, 0.4) is 0 Å². The van der Waals surface area contributed by atoms with E-state index in [0.717, 1.165) is 31.4 Å². The number of ether oxygens (including phenoxy) is 1. The number of hydrogen-bond acceptors (Lipinski definition) is 4. The van der Waals surface area contributed by atoms with Crippen LogP contribution in [0.4, 0.5) is 0 Å². The van der Waals surface area contributed by atoms with Crippen molar-refractivity contribution in [1.29, 1.82) is 0 Å². The van der Waals surface area contributed by atoms with Crippen molar-refractivity contribution in [2.24, 2.45) is 5.73 Å². The fraction of sp³-hybridized carbons (Fsp3) is 0.688. The quantitative estimate of drug-likeness (QED) is 0.902. The lowest BCUT2D eigenvalue weighted by atomic mass is 10.1. The van der Waals surface area contributed by atoms with E-state index in [9.17, 15) is 4.79 Å². The second-order valence-electron chi connectivity index (χ2n) is 6.04. The Morgan fingerprint density at radius 2 is 2.10 bits per heavy atom. The molecule has 1 saturated heterocycles. The standard InChI is InChI=1S/C16H24N2O3/c17-10-13-7-8-15(21-13)16(19)18(12-4-1-2-5-12)11-14-6-3-9-20-14/h3,6,9,12-13,15H,1-2,4-5,7-8,10-11,17H2. The second kappa shape index (κ2) is 6.62. The van der Waals surface area contributed by atoms with E-state index in [-0.39, 0.29) is 18.1 Å². The summed E-state index contributed by atoms with van der Waals surface area (Å²) in [5.74, 6) is 0.942. The summed E-state index contributed by atoms with van der Waals surface area (Å²) in [5, 5.41) is 0. The molecule has 0 radical (unpaired) electrons. The molecule has 0 spiro atoms. The molecule has 5 heteroatoms. The van der Waals surface area contributed by atoms with E-state index in [0.29, 0.717) is 19.1 Å². The van der Waals surface area contributed by atoms with Crippen molar-refractivity contribution >= 4 is 5.91 Å². The van der Waals surface area contributed by atoms with E-state index in [1.807, 2.05) is 17.0 Å². The third kappa shape index (κ3) is 3.30. The molecule has 5 nitrogen and oxygen atoms in total. The van der Waals surface area contributed by atoms with Crippen molar-refractivity contribution in [2.75, 3.05) is 6.54 Å². The fourth-order valence-electron chi connectivity index (χ4n) is 3.42. The average Bonchev–Trinajstić information content (AvgIpc) is 3.25. The van der Waals surface area contributed by atoms with Crippen molar-refractivity contribution in [3.63, 3.8) is 0 Å². The highest BCUT2D eigenvalue weighted by atomic mass is 16.5. The van der Waals surface area contributed by atoms with Crippen molar-refractivity contribution in [3.05, 3.63) is 24.2 Å². The molecule has 0 aromatic carbocycles. The van der Waals surface area contributed by atoms with Crippen LogP contribution in [0.5, 0.6) is 0 Å². The van der Waals surface area contributed by atoms with Gasteiger partial charge in [-0.15, -0.1) is 0 Å². The molecule has 1 saturated carbocycles. The largest absolute Gasteiger partial charge is 0.467 e. The number of nitrogens with two attached hydrogens (primary N) is 1. The Hall–Kier alpha value is -1.33. The molecule has 2 aliphatic rings. The predicted octanol–water partition coefficient (Wildman–Crippen LogP) is 2.06. The van der Waals surface area contributed by atoms with Gasteiger partial charge in [-0.05, 0) is 37.8 Å². The van der Waals surface area contributed by atoms with Crippen LogP contribution in [0, 0.1) is 0 Å². The first kappa shape index (κ1) is 14.6. The number of carbonyl (C=O) groups is 1. The number of nitrogens with zero attached hydrogens (tertiary/aromatic N) is 1. The maximum absolute atomic E-state index is 12.8. The van der Waals surface area contributed by atoms with Gasteiger partial charge in [-0.1, -0.05) is 12.8 Å². The first-order chi connectivity index (χ1) is 10.3. The van der Waals surface area contributed by atoms with Crippen LogP contribution in [0.1, 0.15) is 44.3 Å². The molecule has 21 heavy (non-hydrogen) atoms. The third-order valence-electron chi connectivity index (χ3n) is 4.60. The van der Waals surface area contributed by atoms with E-state index in [1.54, 1.807) is 6.26 Å². The normalized spacial score (nSPS) is 26.3. The highest BCUT2D eigenvalue weighted by Gasteiger charge is 2.36. The maximum atomic E-state index is 12.8. The van der Waals surface area contributed by atoms with Crippen molar-refractivity contribution < 1.29 is 13.9 Å². The zero-order valence-electron chi connectivity index (χ0n) is 12.4. The molecule has 2 unspecified atom stereocenters. The Labute approximate surface area is 125 Å². The molecule has 1 aromatic heterocycles.